The Morgan fingerprint density at radius 3 is 1.84 bits per heavy atom. The summed E-state index contributed by atoms with van der Waals surface area (Å²) in [6, 6.07) is 71.6. The van der Waals surface area contributed by atoms with Crippen LogP contribution in [0.5, 0.6) is 0 Å². The molecule has 0 atom stereocenters. The van der Waals surface area contributed by atoms with Crippen molar-refractivity contribution < 1.29 is 8.83 Å². The Morgan fingerprint density at radius 2 is 0.965 bits per heavy atom. The predicted molar refractivity (Wildman–Crippen MR) is 239 cm³/mol. The van der Waals surface area contributed by atoms with Crippen LogP contribution in [-0.4, -0.2) is 0 Å². The smallest absolute Gasteiger partial charge is 0.143 e. The number of furan rings is 2. The van der Waals surface area contributed by atoms with Crippen LogP contribution in [0.1, 0.15) is 0 Å². The zero-order valence-corrected chi connectivity index (χ0v) is 30.8. The van der Waals surface area contributed by atoms with Crippen LogP contribution in [0.15, 0.2) is 209 Å². The summed E-state index contributed by atoms with van der Waals surface area (Å²) in [4.78, 5) is 2.38. The van der Waals surface area contributed by atoms with Gasteiger partial charge in [-0.15, -0.1) is 0 Å². The number of fused-ring (bicyclic) bond motifs is 11. The van der Waals surface area contributed by atoms with Crippen molar-refractivity contribution in [1.82, 2.24) is 0 Å². The molecule has 0 aliphatic heterocycles. The molecule has 12 aromatic rings. The lowest BCUT2D eigenvalue weighted by Crippen LogP contribution is -2.11. The van der Waals surface area contributed by atoms with Crippen molar-refractivity contribution in [1.29, 1.82) is 0 Å². The molecular formula is C54H33NO2. The lowest BCUT2D eigenvalue weighted by molar-refractivity contribution is 0.669. The van der Waals surface area contributed by atoms with E-state index in [-0.39, 0.29) is 0 Å². The first kappa shape index (κ1) is 31.7. The molecule has 0 amide bonds. The molecular weight excluding hydrogens is 695 g/mol. The summed E-state index contributed by atoms with van der Waals surface area (Å²) >= 11 is 0. The molecule has 0 bridgehead atoms. The zero-order chi connectivity index (χ0) is 37.5. The van der Waals surface area contributed by atoms with Crippen LogP contribution in [0.25, 0.3) is 98.4 Å². The highest BCUT2D eigenvalue weighted by molar-refractivity contribution is 6.20. The number of para-hydroxylation sites is 2. The van der Waals surface area contributed by atoms with Gasteiger partial charge in [0.25, 0.3) is 0 Å². The number of nitrogens with zero attached hydrogens (tertiary/aromatic N) is 1. The van der Waals surface area contributed by atoms with Crippen LogP contribution in [0.4, 0.5) is 17.1 Å². The third kappa shape index (κ3) is 4.92. The molecule has 0 radical (unpaired) electrons. The van der Waals surface area contributed by atoms with Crippen LogP contribution >= 0.6 is 0 Å². The van der Waals surface area contributed by atoms with Gasteiger partial charge in [0.2, 0.25) is 0 Å². The average molecular weight is 728 g/mol. The molecule has 0 N–H and O–H groups in total. The van der Waals surface area contributed by atoms with Gasteiger partial charge in [-0.05, 0) is 104 Å². The summed E-state index contributed by atoms with van der Waals surface area (Å²) in [6.07, 6.45) is 0. The minimum atomic E-state index is 0.869. The molecule has 3 nitrogen and oxygen atoms in total. The van der Waals surface area contributed by atoms with Crippen molar-refractivity contribution in [2.75, 3.05) is 4.90 Å². The molecule has 12 rings (SSSR count). The summed E-state index contributed by atoms with van der Waals surface area (Å²) in [5.74, 6) is 0. The lowest BCUT2D eigenvalue weighted by atomic mass is 9.93. The van der Waals surface area contributed by atoms with Crippen molar-refractivity contribution in [3.63, 3.8) is 0 Å². The molecule has 57 heavy (non-hydrogen) atoms. The second-order valence-electron chi connectivity index (χ2n) is 14.8. The Kier molecular flexibility index (Phi) is 6.93. The molecule has 0 spiro atoms. The number of anilines is 3. The first-order valence-corrected chi connectivity index (χ1v) is 19.4. The van der Waals surface area contributed by atoms with Crippen molar-refractivity contribution >= 4 is 93.3 Å². The van der Waals surface area contributed by atoms with Gasteiger partial charge >= 0.3 is 0 Å². The van der Waals surface area contributed by atoms with Crippen LogP contribution in [0, 0.1) is 0 Å². The van der Waals surface area contributed by atoms with Gasteiger partial charge in [0.1, 0.15) is 22.3 Å². The third-order valence-corrected chi connectivity index (χ3v) is 11.6. The van der Waals surface area contributed by atoms with Crippen LogP contribution < -0.4 is 4.90 Å². The Balaban J connectivity index is 1.08. The fourth-order valence-corrected chi connectivity index (χ4v) is 9.04. The van der Waals surface area contributed by atoms with E-state index in [0.717, 1.165) is 77.5 Å². The van der Waals surface area contributed by atoms with E-state index in [1.54, 1.807) is 0 Å². The van der Waals surface area contributed by atoms with Gasteiger partial charge in [0.05, 0.1) is 5.69 Å². The van der Waals surface area contributed by atoms with E-state index >= 15 is 0 Å². The Labute approximate surface area is 328 Å². The van der Waals surface area contributed by atoms with Gasteiger partial charge in [0.15, 0.2) is 0 Å². The lowest BCUT2D eigenvalue weighted by Gasteiger charge is -2.28. The molecule has 266 valence electrons. The topological polar surface area (TPSA) is 29.5 Å². The maximum absolute atomic E-state index is 6.67. The quantitative estimate of drug-likeness (QED) is 0.165. The van der Waals surface area contributed by atoms with Gasteiger partial charge in [-0.2, -0.15) is 0 Å². The monoisotopic (exact) mass is 727 g/mol. The van der Waals surface area contributed by atoms with E-state index in [9.17, 15) is 0 Å². The minimum Gasteiger partial charge on any atom is -0.456 e. The SMILES string of the molecule is c1ccc(N(c2ccc(-c3cc4ccccc4c4ccccc34)cc2)c2ccc3oc4ccccc4c3c2)c(-c2cccc3oc4c5ccccc5ccc4c23)c1. The zero-order valence-electron chi connectivity index (χ0n) is 30.8. The normalized spacial score (nSPS) is 11.9. The molecule has 0 saturated carbocycles. The summed E-state index contributed by atoms with van der Waals surface area (Å²) < 4.78 is 13.0. The third-order valence-electron chi connectivity index (χ3n) is 11.6. The maximum Gasteiger partial charge on any atom is 0.143 e. The molecule has 2 aromatic heterocycles. The van der Waals surface area contributed by atoms with Crippen LogP contribution in [-0.2, 0) is 0 Å². The van der Waals surface area contributed by atoms with E-state index in [1.165, 1.54) is 38.1 Å². The number of benzene rings is 10. The molecule has 2 heterocycles. The highest BCUT2D eigenvalue weighted by Crippen LogP contribution is 2.47. The molecule has 10 aromatic carbocycles. The van der Waals surface area contributed by atoms with E-state index < -0.39 is 0 Å². The van der Waals surface area contributed by atoms with Gasteiger partial charge in [-0.25, -0.2) is 0 Å². The molecule has 3 heteroatoms. The highest BCUT2D eigenvalue weighted by atomic mass is 16.3. The molecule has 0 aliphatic carbocycles. The fourth-order valence-electron chi connectivity index (χ4n) is 9.04. The van der Waals surface area contributed by atoms with Crippen LogP contribution in [0.2, 0.25) is 0 Å². The van der Waals surface area contributed by atoms with Crippen molar-refractivity contribution in [3.8, 4) is 22.3 Å². The molecule has 0 aliphatic rings. The van der Waals surface area contributed by atoms with E-state index in [4.69, 9.17) is 8.83 Å². The molecule has 0 saturated heterocycles. The van der Waals surface area contributed by atoms with E-state index in [2.05, 4.69) is 193 Å². The van der Waals surface area contributed by atoms with Crippen molar-refractivity contribution in [2.45, 2.75) is 0 Å². The first-order valence-electron chi connectivity index (χ1n) is 19.4. The van der Waals surface area contributed by atoms with Gasteiger partial charge in [-0.1, -0.05) is 140 Å². The Bertz CT molecular complexity index is 3530. The second-order valence-corrected chi connectivity index (χ2v) is 14.8. The minimum absolute atomic E-state index is 0.869. The molecule has 0 fully saturated rings. The maximum atomic E-state index is 6.67. The van der Waals surface area contributed by atoms with Gasteiger partial charge < -0.3 is 13.7 Å². The number of rotatable bonds is 5. The first-order chi connectivity index (χ1) is 28.3. The standard InChI is InChI=1S/C54H33NO2/c1-4-15-40-34(12-1)26-30-46-53-45(20-11-23-52(53)57-54(40)46)43-18-7-9-21-49(43)55(38-29-31-51-48(33-38)44-19-8-10-22-50(44)56-51)37-27-24-35(25-28-37)47-32-36-13-2-3-14-39(36)41-16-5-6-17-42(41)47/h1-33H. The largest absolute Gasteiger partial charge is 0.456 e. The Hall–Kier alpha value is -7.62. The molecule has 0 unspecified atom stereocenters. The fraction of sp³-hybridized carbons (Fsp3) is 0. The van der Waals surface area contributed by atoms with E-state index in [1.807, 2.05) is 12.1 Å². The number of hydrogen-bond acceptors (Lipinski definition) is 3. The Morgan fingerprint density at radius 1 is 0.316 bits per heavy atom. The van der Waals surface area contributed by atoms with Crippen molar-refractivity contribution in [3.05, 3.63) is 200 Å². The predicted octanol–water partition coefficient (Wildman–Crippen LogP) is 15.7. The van der Waals surface area contributed by atoms with Gasteiger partial charge in [0, 0.05) is 43.9 Å². The summed E-state index contributed by atoms with van der Waals surface area (Å²) in [6.45, 7) is 0. The number of hydrogen-bond donors (Lipinski definition) is 0. The summed E-state index contributed by atoms with van der Waals surface area (Å²) in [5, 5.41) is 11.7. The highest BCUT2D eigenvalue weighted by Gasteiger charge is 2.22. The van der Waals surface area contributed by atoms with Crippen LogP contribution in [0.3, 0.4) is 0 Å². The van der Waals surface area contributed by atoms with E-state index in [0.29, 0.717) is 0 Å². The second kappa shape index (κ2) is 12.5. The summed E-state index contributed by atoms with van der Waals surface area (Å²) in [7, 11) is 0. The van der Waals surface area contributed by atoms with Crippen molar-refractivity contribution in [2.24, 2.45) is 0 Å². The average Bonchev–Trinajstić information content (AvgIpc) is 3.85. The summed E-state index contributed by atoms with van der Waals surface area (Å²) in [5.41, 5.74) is 11.3. The van der Waals surface area contributed by atoms with Gasteiger partial charge in [-0.3, -0.25) is 0 Å².